The van der Waals surface area contributed by atoms with Crippen molar-refractivity contribution in [2.45, 2.75) is 13.2 Å². The van der Waals surface area contributed by atoms with Gasteiger partial charge in [-0.15, -0.1) is 0 Å². The van der Waals surface area contributed by atoms with Gasteiger partial charge in [-0.3, -0.25) is 4.79 Å². The van der Waals surface area contributed by atoms with Crippen molar-refractivity contribution >= 4 is 11.6 Å². The Labute approximate surface area is 125 Å². The number of hydrogen-bond donors (Lipinski definition) is 2. The van der Waals surface area contributed by atoms with E-state index in [0.717, 1.165) is 16.8 Å². The van der Waals surface area contributed by atoms with Gasteiger partial charge in [0.05, 0.1) is 6.61 Å². The number of anilines is 1. The maximum atomic E-state index is 12.2. The molecule has 4 nitrogen and oxygen atoms in total. The van der Waals surface area contributed by atoms with Crippen molar-refractivity contribution in [3.05, 3.63) is 65.2 Å². The van der Waals surface area contributed by atoms with Gasteiger partial charge < -0.3 is 15.3 Å². The molecule has 0 radical (unpaired) electrons. The molecule has 1 amide bonds. The maximum absolute atomic E-state index is 12.2. The molecule has 2 rings (SSSR count). The number of aliphatic hydroxyl groups is 1. The Kier molecular flexibility index (Phi) is 4.95. The van der Waals surface area contributed by atoms with Gasteiger partial charge in [-0.05, 0) is 29.3 Å². The molecule has 2 aromatic rings. The van der Waals surface area contributed by atoms with Gasteiger partial charge in [-0.25, -0.2) is 0 Å². The van der Waals surface area contributed by atoms with Crippen molar-refractivity contribution in [2.24, 2.45) is 0 Å². The van der Waals surface area contributed by atoms with E-state index in [1.54, 1.807) is 6.07 Å². The summed E-state index contributed by atoms with van der Waals surface area (Å²) in [5, 5.41) is 12.0. The molecule has 0 aliphatic rings. The summed E-state index contributed by atoms with van der Waals surface area (Å²) in [4.78, 5) is 14.1. The summed E-state index contributed by atoms with van der Waals surface area (Å²) in [6, 6.07) is 15.0. The van der Waals surface area contributed by atoms with Crippen LogP contribution in [0.4, 0.5) is 5.69 Å². The zero-order valence-corrected chi connectivity index (χ0v) is 12.3. The Hall–Kier alpha value is -2.33. The second-order valence-electron chi connectivity index (χ2n) is 5.11. The average Bonchev–Trinajstić information content (AvgIpc) is 2.53. The van der Waals surface area contributed by atoms with E-state index in [9.17, 15) is 4.79 Å². The smallest absolute Gasteiger partial charge is 0.251 e. The molecule has 0 aliphatic carbocycles. The van der Waals surface area contributed by atoms with Crippen LogP contribution in [0.15, 0.2) is 48.5 Å². The predicted octanol–water partition coefficient (Wildman–Crippen LogP) is 2.17. The highest BCUT2D eigenvalue weighted by atomic mass is 16.3. The van der Waals surface area contributed by atoms with Crippen LogP contribution in [0.5, 0.6) is 0 Å². The van der Waals surface area contributed by atoms with Crippen LogP contribution in [-0.4, -0.2) is 25.1 Å². The SMILES string of the molecule is CN(C)c1cccc(C(=O)NCc2cccc(CO)c2)c1. The van der Waals surface area contributed by atoms with Crippen LogP contribution in [-0.2, 0) is 13.2 Å². The largest absolute Gasteiger partial charge is 0.392 e. The van der Waals surface area contributed by atoms with Gasteiger partial charge in [0, 0.05) is 31.9 Å². The number of nitrogens with one attached hydrogen (secondary N) is 1. The first-order valence-corrected chi connectivity index (χ1v) is 6.84. The second kappa shape index (κ2) is 6.90. The quantitative estimate of drug-likeness (QED) is 0.885. The molecule has 0 saturated carbocycles. The van der Waals surface area contributed by atoms with Crippen LogP contribution in [0.2, 0.25) is 0 Å². The van der Waals surface area contributed by atoms with E-state index in [-0.39, 0.29) is 12.5 Å². The van der Waals surface area contributed by atoms with Crippen LogP contribution in [0.3, 0.4) is 0 Å². The Balaban J connectivity index is 2.02. The molecule has 0 aromatic heterocycles. The van der Waals surface area contributed by atoms with E-state index in [1.165, 1.54) is 0 Å². The van der Waals surface area contributed by atoms with Crippen LogP contribution in [0.25, 0.3) is 0 Å². The molecular weight excluding hydrogens is 264 g/mol. The molecule has 4 heteroatoms. The maximum Gasteiger partial charge on any atom is 0.251 e. The standard InChI is InChI=1S/C17H20N2O2/c1-19(2)16-8-4-7-15(10-16)17(21)18-11-13-5-3-6-14(9-13)12-20/h3-10,20H,11-12H2,1-2H3,(H,18,21). The number of nitrogens with zero attached hydrogens (tertiary/aromatic N) is 1. The topological polar surface area (TPSA) is 52.6 Å². The first kappa shape index (κ1) is 15.1. The second-order valence-corrected chi connectivity index (χ2v) is 5.11. The molecule has 0 aliphatic heterocycles. The molecule has 2 aromatic carbocycles. The Morgan fingerprint density at radius 1 is 1.10 bits per heavy atom. The minimum Gasteiger partial charge on any atom is -0.392 e. The molecule has 21 heavy (non-hydrogen) atoms. The highest BCUT2D eigenvalue weighted by Crippen LogP contribution is 2.13. The molecular formula is C17H20N2O2. The summed E-state index contributed by atoms with van der Waals surface area (Å²) in [6.07, 6.45) is 0. The summed E-state index contributed by atoms with van der Waals surface area (Å²) < 4.78 is 0. The lowest BCUT2D eigenvalue weighted by atomic mass is 10.1. The normalized spacial score (nSPS) is 10.2. The fourth-order valence-electron chi connectivity index (χ4n) is 2.05. The molecule has 0 saturated heterocycles. The molecule has 0 bridgehead atoms. The minimum atomic E-state index is -0.104. The molecule has 2 N–H and O–H groups in total. The number of carbonyl (C=O) groups is 1. The highest BCUT2D eigenvalue weighted by Gasteiger charge is 2.07. The van der Waals surface area contributed by atoms with Crippen LogP contribution in [0, 0.1) is 0 Å². The van der Waals surface area contributed by atoms with Crippen LogP contribution in [0.1, 0.15) is 21.5 Å². The van der Waals surface area contributed by atoms with E-state index >= 15 is 0 Å². The van der Waals surface area contributed by atoms with Crippen LogP contribution < -0.4 is 10.2 Å². The number of carbonyl (C=O) groups excluding carboxylic acids is 1. The van der Waals surface area contributed by atoms with Gasteiger partial charge in [0.1, 0.15) is 0 Å². The van der Waals surface area contributed by atoms with Crippen molar-refractivity contribution in [3.63, 3.8) is 0 Å². The molecule has 0 unspecified atom stereocenters. The van der Waals surface area contributed by atoms with Crippen molar-refractivity contribution < 1.29 is 9.90 Å². The first-order valence-electron chi connectivity index (χ1n) is 6.84. The van der Waals surface area contributed by atoms with Crippen molar-refractivity contribution in [3.8, 4) is 0 Å². The van der Waals surface area contributed by atoms with Gasteiger partial charge in [-0.2, -0.15) is 0 Å². The van der Waals surface area contributed by atoms with E-state index < -0.39 is 0 Å². The van der Waals surface area contributed by atoms with Crippen molar-refractivity contribution in [1.29, 1.82) is 0 Å². The number of hydrogen-bond acceptors (Lipinski definition) is 3. The Morgan fingerprint density at radius 2 is 1.81 bits per heavy atom. The number of rotatable bonds is 5. The molecule has 0 fully saturated rings. The van der Waals surface area contributed by atoms with E-state index in [1.807, 2.05) is 61.5 Å². The number of amides is 1. The molecule has 0 atom stereocenters. The molecule has 110 valence electrons. The predicted molar refractivity (Wildman–Crippen MR) is 84.3 cm³/mol. The number of aliphatic hydroxyl groups excluding tert-OH is 1. The minimum absolute atomic E-state index is 0.00661. The summed E-state index contributed by atoms with van der Waals surface area (Å²) in [6.45, 7) is 0.450. The lowest BCUT2D eigenvalue weighted by Gasteiger charge is -2.13. The highest BCUT2D eigenvalue weighted by molar-refractivity contribution is 5.95. The molecule has 0 spiro atoms. The van der Waals surface area contributed by atoms with Gasteiger partial charge in [-0.1, -0.05) is 30.3 Å². The zero-order valence-electron chi connectivity index (χ0n) is 12.3. The number of benzene rings is 2. The van der Waals surface area contributed by atoms with Crippen LogP contribution >= 0.6 is 0 Å². The van der Waals surface area contributed by atoms with E-state index in [2.05, 4.69) is 5.32 Å². The van der Waals surface area contributed by atoms with Gasteiger partial charge >= 0.3 is 0 Å². The summed E-state index contributed by atoms with van der Waals surface area (Å²) in [5.41, 5.74) is 3.44. The third-order valence-electron chi connectivity index (χ3n) is 3.25. The summed E-state index contributed by atoms with van der Waals surface area (Å²) in [5.74, 6) is -0.104. The monoisotopic (exact) mass is 284 g/mol. The van der Waals surface area contributed by atoms with Gasteiger partial charge in [0.25, 0.3) is 5.91 Å². The van der Waals surface area contributed by atoms with E-state index in [4.69, 9.17) is 5.11 Å². The Bertz CT molecular complexity index is 624. The lowest BCUT2D eigenvalue weighted by molar-refractivity contribution is 0.0951. The fraction of sp³-hybridized carbons (Fsp3) is 0.235. The Morgan fingerprint density at radius 3 is 2.52 bits per heavy atom. The lowest BCUT2D eigenvalue weighted by Crippen LogP contribution is -2.23. The third kappa shape index (κ3) is 4.07. The van der Waals surface area contributed by atoms with E-state index in [0.29, 0.717) is 12.1 Å². The molecule has 0 heterocycles. The summed E-state index contributed by atoms with van der Waals surface area (Å²) in [7, 11) is 3.88. The van der Waals surface area contributed by atoms with Crippen molar-refractivity contribution in [2.75, 3.05) is 19.0 Å². The third-order valence-corrected chi connectivity index (χ3v) is 3.25. The van der Waals surface area contributed by atoms with Gasteiger partial charge in [0.15, 0.2) is 0 Å². The average molecular weight is 284 g/mol. The summed E-state index contributed by atoms with van der Waals surface area (Å²) >= 11 is 0. The zero-order chi connectivity index (χ0) is 15.2. The van der Waals surface area contributed by atoms with Crippen molar-refractivity contribution in [1.82, 2.24) is 5.32 Å². The fourth-order valence-corrected chi connectivity index (χ4v) is 2.05. The first-order chi connectivity index (χ1) is 10.1. The van der Waals surface area contributed by atoms with Gasteiger partial charge in [0.2, 0.25) is 0 Å².